The fourth-order valence-corrected chi connectivity index (χ4v) is 2.30. The number of amides is 1. The molecule has 0 aromatic heterocycles. The Kier molecular flexibility index (Phi) is 4.74. The fraction of sp³-hybridized carbons (Fsp3) is 0.467. The average Bonchev–Trinajstić information content (AvgIpc) is 3.25. The van der Waals surface area contributed by atoms with E-state index in [1.54, 1.807) is 0 Å². The second kappa shape index (κ2) is 6.52. The standard InChI is InChI=1S/C15H19NO4/c1-20-12(15(18)19)9-16-14(17)13(11-7-8-11)10-5-3-2-4-6-10/h2-6,11-13H,7-9H2,1H3,(H,16,17)(H,18,19). The zero-order valence-corrected chi connectivity index (χ0v) is 11.4. The minimum absolute atomic E-state index is 0.0132. The lowest BCUT2D eigenvalue weighted by Gasteiger charge is -2.18. The monoisotopic (exact) mass is 277 g/mol. The van der Waals surface area contributed by atoms with Gasteiger partial charge in [0.1, 0.15) is 0 Å². The van der Waals surface area contributed by atoms with Gasteiger partial charge in [-0.05, 0) is 24.3 Å². The molecule has 0 bridgehead atoms. The van der Waals surface area contributed by atoms with Crippen molar-refractivity contribution in [2.45, 2.75) is 24.9 Å². The summed E-state index contributed by atoms with van der Waals surface area (Å²) in [6, 6.07) is 9.61. The molecule has 5 heteroatoms. The average molecular weight is 277 g/mol. The van der Waals surface area contributed by atoms with Gasteiger partial charge in [-0.15, -0.1) is 0 Å². The van der Waals surface area contributed by atoms with Crippen molar-refractivity contribution in [1.29, 1.82) is 0 Å². The van der Waals surface area contributed by atoms with Crippen LogP contribution in [0.5, 0.6) is 0 Å². The number of carbonyl (C=O) groups is 2. The van der Waals surface area contributed by atoms with Crippen LogP contribution in [0, 0.1) is 5.92 Å². The molecule has 0 aliphatic heterocycles. The lowest BCUT2D eigenvalue weighted by atomic mass is 9.93. The molecule has 5 nitrogen and oxygen atoms in total. The number of ether oxygens (including phenoxy) is 1. The summed E-state index contributed by atoms with van der Waals surface area (Å²) < 4.78 is 4.81. The van der Waals surface area contributed by atoms with Crippen molar-refractivity contribution in [1.82, 2.24) is 5.32 Å². The fourth-order valence-electron chi connectivity index (χ4n) is 2.30. The first kappa shape index (κ1) is 14.5. The molecule has 20 heavy (non-hydrogen) atoms. The number of carboxylic acid groups (broad SMARTS) is 1. The van der Waals surface area contributed by atoms with Crippen LogP contribution in [-0.4, -0.2) is 36.7 Å². The van der Waals surface area contributed by atoms with E-state index < -0.39 is 12.1 Å². The summed E-state index contributed by atoms with van der Waals surface area (Å²) in [4.78, 5) is 23.2. The van der Waals surface area contributed by atoms with Gasteiger partial charge in [0, 0.05) is 7.11 Å². The molecule has 1 aliphatic rings. The summed E-state index contributed by atoms with van der Waals surface area (Å²) in [6.07, 6.45) is 1.08. The number of benzene rings is 1. The van der Waals surface area contributed by atoms with E-state index in [9.17, 15) is 9.59 Å². The highest BCUT2D eigenvalue weighted by molar-refractivity contribution is 5.85. The summed E-state index contributed by atoms with van der Waals surface area (Å²) >= 11 is 0. The third kappa shape index (κ3) is 3.57. The second-order valence-electron chi connectivity index (χ2n) is 5.03. The lowest BCUT2D eigenvalue weighted by molar-refractivity contribution is -0.148. The molecule has 1 saturated carbocycles. The molecule has 1 aromatic carbocycles. The molecule has 2 atom stereocenters. The van der Waals surface area contributed by atoms with Crippen LogP contribution in [0.15, 0.2) is 30.3 Å². The summed E-state index contributed by atoms with van der Waals surface area (Å²) in [5.74, 6) is -1.02. The Morgan fingerprint density at radius 3 is 2.50 bits per heavy atom. The molecule has 0 saturated heterocycles. The normalized spacial score (nSPS) is 17.2. The zero-order chi connectivity index (χ0) is 14.5. The van der Waals surface area contributed by atoms with Crippen molar-refractivity contribution in [3.05, 3.63) is 35.9 Å². The maximum absolute atomic E-state index is 12.3. The molecule has 1 fully saturated rings. The number of nitrogens with one attached hydrogen (secondary N) is 1. The van der Waals surface area contributed by atoms with Crippen LogP contribution in [0.3, 0.4) is 0 Å². The Balaban J connectivity index is 2.00. The van der Waals surface area contributed by atoms with E-state index in [0.717, 1.165) is 18.4 Å². The van der Waals surface area contributed by atoms with Crippen LogP contribution in [-0.2, 0) is 14.3 Å². The molecule has 1 amide bonds. The van der Waals surface area contributed by atoms with Crippen LogP contribution in [0.1, 0.15) is 24.3 Å². The van der Waals surface area contributed by atoms with Gasteiger partial charge in [-0.25, -0.2) is 4.79 Å². The van der Waals surface area contributed by atoms with Crippen LogP contribution in [0.2, 0.25) is 0 Å². The van der Waals surface area contributed by atoms with Crippen molar-refractivity contribution in [2.24, 2.45) is 5.92 Å². The Bertz CT molecular complexity index is 470. The van der Waals surface area contributed by atoms with Gasteiger partial charge in [-0.1, -0.05) is 30.3 Å². The number of methoxy groups -OCH3 is 1. The third-order valence-corrected chi connectivity index (χ3v) is 3.56. The van der Waals surface area contributed by atoms with E-state index in [1.807, 2.05) is 30.3 Å². The van der Waals surface area contributed by atoms with Crippen LogP contribution >= 0.6 is 0 Å². The maximum atomic E-state index is 12.3. The summed E-state index contributed by atoms with van der Waals surface area (Å²) in [5, 5.41) is 11.6. The van der Waals surface area contributed by atoms with Crippen molar-refractivity contribution in [2.75, 3.05) is 13.7 Å². The Labute approximate surface area is 117 Å². The molecular weight excluding hydrogens is 258 g/mol. The van der Waals surface area contributed by atoms with E-state index in [-0.39, 0.29) is 18.4 Å². The van der Waals surface area contributed by atoms with Crippen LogP contribution in [0.4, 0.5) is 0 Å². The first-order valence-electron chi connectivity index (χ1n) is 6.71. The van der Waals surface area contributed by atoms with Gasteiger partial charge >= 0.3 is 5.97 Å². The molecule has 2 unspecified atom stereocenters. The van der Waals surface area contributed by atoms with Gasteiger partial charge in [-0.3, -0.25) is 4.79 Å². The summed E-state index contributed by atoms with van der Waals surface area (Å²) in [6.45, 7) is -0.0132. The quantitative estimate of drug-likeness (QED) is 0.790. The van der Waals surface area contributed by atoms with E-state index in [2.05, 4.69) is 5.32 Å². The maximum Gasteiger partial charge on any atom is 0.334 e. The number of hydrogen-bond acceptors (Lipinski definition) is 3. The van der Waals surface area contributed by atoms with E-state index >= 15 is 0 Å². The zero-order valence-electron chi connectivity index (χ0n) is 11.4. The Hall–Kier alpha value is -1.88. The molecule has 0 heterocycles. The molecule has 1 aromatic rings. The van der Waals surface area contributed by atoms with Crippen molar-refractivity contribution < 1.29 is 19.4 Å². The summed E-state index contributed by atoms with van der Waals surface area (Å²) in [7, 11) is 1.32. The molecule has 0 spiro atoms. The predicted octanol–water partition coefficient (Wildman–Crippen LogP) is 1.40. The molecular formula is C15H19NO4. The number of aliphatic carboxylic acids is 1. The Morgan fingerprint density at radius 2 is 2.00 bits per heavy atom. The van der Waals surface area contributed by atoms with E-state index in [0.29, 0.717) is 5.92 Å². The SMILES string of the molecule is COC(CNC(=O)C(c1ccccc1)C1CC1)C(=O)O. The van der Waals surface area contributed by atoms with Gasteiger partial charge in [0.25, 0.3) is 0 Å². The number of carbonyl (C=O) groups excluding carboxylic acids is 1. The summed E-state index contributed by atoms with van der Waals surface area (Å²) in [5.41, 5.74) is 0.983. The topological polar surface area (TPSA) is 75.6 Å². The first-order chi connectivity index (χ1) is 9.63. The number of rotatable bonds is 7. The predicted molar refractivity (Wildman–Crippen MR) is 73.3 cm³/mol. The highest BCUT2D eigenvalue weighted by atomic mass is 16.5. The third-order valence-electron chi connectivity index (χ3n) is 3.56. The number of carboxylic acids is 1. The molecule has 1 aliphatic carbocycles. The van der Waals surface area contributed by atoms with E-state index in [4.69, 9.17) is 9.84 Å². The molecule has 0 radical (unpaired) electrons. The molecule has 2 N–H and O–H groups in total. The number of hydrogen-bond donors (Lipinski definition) is 2. The molecule has 2 rings (SSSR count). The van der Waals surface area contributed by atoms with Gasteiger partial charge in [0.05, 0.1) is 12.5 Å². The highest BCUT2D eigenvalue weighted by Crippen LogP contribution is 2.42. The minimum atomic E-state index is -1.07. The van der Waals surface area contributed by atoms with Crippen molar-refractivity contribution >= 4 is 11.9 Å². The van der Waals surface area contributed by atoms with Gasteiger partial charge in [0.2, 0.25) is 5.91 Å². The van der Waals surface area contributed by atoms with Crippen LogP contribution in [0.25, 0.3) is 0 Å². The van der Waals surface area contributed by atoms with E-state index in [1.165, 1.54) is 7.11 Å². The second-order valence-corrected chi connectivity index (χ2v) is 5.03. The van der Waals surface area contributed by atoms with Gasteiger partial charge < -0.3 is 15.2 Å². The largest absolute Gasteiger partial charge is 0.479 e. The van der Waals surface area contributed by atoms with Crippen LogP contribution < -0.4 is 5.32 Å². The first-order valence-corrected chi connectivity index (χ1v) is 6.71. The van der Waals surface area contributed by atoms with Gasteiger partial charge in [0.15, 0.2) is 6.10 Å². The Morgan fingerprint density at radius 1 is 1.35 bits per heavy atom. The minimum Gasteiger partial charge on any atom is -0.479 e. The smallest absolute Gasteiger partial charge is 0.334 e. The van der Waals surface area contributed by atoms with Crippen molar-refractivity contribution in [3.8, 4) is 0 Å². The van der Waals surface area contributed by atoms with Crippen molar-refractivity contribution in [3.63, 3.8) is 0 Å². The lowest BCUT2D eigenvalue weighted by Crippen LogP contribution is -2.40. The van der Waals surface area contributed by atoms with Gasteiger partial charge in [-0.2, -0.15) is 0 Å². The highest BCUT2D eigenvalue weighted by Gasteiger charge is 2.37. The molecule has 108 valence electrons.